The molecule has 1 saturated heterocycles. The Labute approximate surface area is 133 Å². The highest BCUT2D eigenvalue weighted by molar-refractivity contribution is 14.0. The molecule has 19 heavy (non-hydrogen) atoms. The van der Waals surface area contributed by atoms with Crippen LogP contribution >= 0.6 is 24.0 Å². The van der Waals surface area contributed by atoms with E-state index in [1.807, 2.05) is 0 Å². The third kappa shape index (κ3) is 5.43. The molecule has 2 aliphatic rings. The number of ether oxygens (including phenoxy) is 1. The van der Waals surface area contributed by atoms with Crippen molar-refractivity contribution in [1.82, 2.24) is 9.80 Å². The van der Waals surface area contributed by atoms with Gasteiger partial charge in [0.05, 0.1) is 19.8 Å². The number of morpholine rings is 1. The number of hydrogen-bond donors (Lipinski definition) is 1. The number of nitrogens with two attached hydrogens (primary N) is 1. The fraction of sp³-hybridized carbons (Fsp3) is 0.923. The van der Waals surface area contributed by atoms with E-state index in [0.717, 1.165) is 45.4 Å². The summed E-state index contributed by atoms with van der Waals surface area (Å²) in [4.78, 5) is 9.03. The van der Waals surface area contributed by atoms with E-state index in [9.17, 15) is 0 Å². The van der Waals surface area contributed by atoms with Crippen LogP contribution < -0.4 is 5.73 Å². The SMILES string of the molecule is CN(CCN=C(N)N1CCOCC1)C1CCCC1.I. The molecule has 0 amide bonds. The van der Waals surface area contributed by atoms with Gasteiger partial charge in [-0.3, -0.25) is 4.99 Å². The zero-order valence-electron chi connectivity index (χ0n) is 11.9. The van der Waals surface area contributed by atoms with Gasteiger partial charge < -0.3 is 20.3 Å². The second kappa shape index (κ2) is 8.97. The molecule has 0 aromatic rings. The minimum absolute atomic E-state index is 0. The third-order valence-corrected chi connectivity index (χ3v) is 4.01. The first kappa shape index (κ1) is 17.0. The van der Waals surface area contributed by atoms with Crippen molar-refractivity contribution >= 4 is 29.9 Å². The van der Waals surface area contributed by atoms with Gasteiger partial charge in [0, 0.05) is 25.7 Å². The zero-order chi connectivity index (χ0) is 12.8. The minimum atomic E-state index is 0. The van der Waals surface area contributed by atoms with Gasteiger partial charge in [0.25, 0.3) is 0 Å². The second-order valence-electron chi connectivity index (χ2n) is 5.26. The Hall–Kier alpha value is -0.0800. The average Bonchev–Trinajstić information content (AvgIpc) is 2.93. The molecule has 2 rings (SSSR count). The molecule has 1 aliphatic heterocycles. The van der Waals surface area contributed by atoms with Crippen molar-refractivity contribution in [3.63, 3.8) is 0 Å². The van der Waals surface area contributed by atoms with Crippen LogP contribution in [-0.2, 0) is 4.74 Å². The first-order chi connectivity index (χ1) is 8.77. The van der Waals surface area contributed by atoms with Gasteiger partial charge >= 0.3 is 0 Å². The monoisotopic (exact) mass is 382 g/mol. The molecule has 0 aromatic carbocycles. The highest BCUT2D eigenvalue weighted by Gasteiger charge is 2.19. The Morgan fingerprint density at radius 2 is 1.95 bits per heavy atom. The van der Waals surface area contributed by atoms with Crippen LogP contribution in [0.15, 0.2) is 4.99 Å². The summed E-state index contributed by atoms with van der Waals surface area (Å²) in [6.45, 7) is 5.07. The van der Waals surface area contributed by atoms with Crippen molar-refractivity contribution in [2.24, 2.45) is 10.7 Å². The summed E-state index contributed by atoms with van der Waals surface area (Å²) in [6, 6.07) is 0.768. The summed E-state index contributed by atoms with van der Waals surface area (Å²) in [5.74, 6) is 0.679. The Morgan fingerprint density at radius 1 is 1.32 bits per heavy atom. The number of guanidine groups is 1. The first-order valence-electron chi connectivity index (χ1n) is 7.10. The van der Waals surface area contributed by atoms with Gasteiger partial charge in [-0.25, -0.2) is 0 Å². The van der Waals surface area contributed by atoms with Crippen molar-refractivity contribution in [3.8, 4) is 0 Å². The van der Waals surface area contributed by atoms with Crippen LogP contribution in [0.2, 0.25) is 0 Å². The molecule has 2 N–H and O–H groups in total. The quantitative estimate of drug-likeness (QED) is 0.450. The average molecular weight is 382 g/mol. The zero-order valence-corrected chi connectivity index (χ0v) is 14.2. The van der Waals surface area contributed by atoms with Crippen LogP contribution in [0, 0.1) is 0 Å². The predicted octanol–water partition coefficient (Wildman–Crippen LogP) is 1.13. The van der Waals surface area contributed by atoms with Gasteiger partial charge in [0.15, 0.2) is 5.96 Å². The molecule has 0 spiro atoms. The van der Waals surface area contributed by atoms with Gasteiger partial charge in [-0.1, -0.05) is 12.8 Å². The second-order valence-corrected chi connectivity index (χ2v) is 5.26. The molecule has 6 heteroatoms. The summed E-state index contributed by atoms with van der Waals surface area (Å²) >= 11 is 0. The predicted molar refractivity (Wildman–Crippen MR) is 89.2 cm³/mol. The highest BCUT2D eigenvalue weighted by atomic mass is 127. The fourth-order valence-corrected chi connectivity index (χ4v) is 2.74. The Kier molecular flexibility index (Phi) is 8.01. The lowest BCUT2D eigenvalue weighted by atomic mass is 10.2. The van der Waals surface area contributed by atoms with Gasteiger partial charge in [-0.2, -0.15) is 0 Å². The maximum absolute atomic E-state index is 5.99. The van der Waals surface area contributed by atoms with E-state index in [0.29, 0.717) is 5.96 Å². The molecule has 0 bridgehead atoms. The molecular formula is C13H27IN4O. The molecule has 0 unspecified atom stereocenters. The summed E-state index contributed by atoms with van der Waals surface area (Å²) in [6.07, 6.45) is 5.46. The number of halogens is 1. The van der Waals surface area contributed by atoms with Crippen LogP contribution in [-0.4, -0.2) is 68.2 Å². The molecular weight excluding hydrogens is 355 g/mol. The number of aliphatic imine (C=N–C) groups is 1. The lowest BCUT2D eigenvalue weighted by molar-refractivity contribution is 0.0674. The number of nitrogens with zero attached hydrogens (tertiary/aromatic N) is 3. The topological polar surface area (TPSA) is 54.1 Å². The van der Waals surface area contributed by atoms with E-state index in [-0.39, 0.29) is 24.0 Å². The standard InChI is InChI=1S/C13H26N4O.HI/c1-16(12-4-2-3-5-12)7-6-15-13(14)17-8-10-18-11-9-17;/h12H,2-11H2,1H3,(H2,14,15);1H. The normalized spacial score (nSPS) is 21.8. The summed E-state index contributed by atoms with van der Waals surface area (Å²) in [7, 11) is 2.20. The van der Waals surface area contributed by atoms with E-state index in [4.69, 9.17) is 10.5 Å². The number of rotatable bonds is 4. The largest absolute Gasteiger partial charge is 0.378 e. The maximum atomic E-state index is 5.99. The van der Waals surface area contributed by atoms with Crippen LogP contribution in [0.5, 0.6) is 0 Å². The maximum Gasteiger partial charge on any atom is 0.191 e. The molecule has 0 atom stereocenters. The van der Waals surface area contributed by atoms with Gasteiger partial charge in [-0.15, -0.1) is 24.0 Å². The van der Waals surface area contributed by atoms with Crippen LogP contribution in [0.25, 0.3) is 0 Å². The van der Waals surface area contributed by atoms with Crippen molar-refractivity contribution in [1.29, 1.82) is 0 Å². The molecule has 2 fully saturated rings. The van der Waals surface area contributed by atoms with Crippen LogP contribution in [0.1, 0.15) is 25.7 Å². The van der Waals surface area contributed by atoms with Crippen molar-refractivity contribution in [3.05, 3.63) is 0 Å². The lowest BCUT2D eigenvalue weighted by Crippen LogP contribution is -2.45. The molecule has 1 heterocycles. The Balaban J connectivity index is 0.00000180. The van der Waals surface area contributed by atoms with Crippen LogP contribution in [0.4, 0.5) is 0 Å². The van der Waals surface area contributed by atoms with E-state index in [1.165, 1.54) is 25.7 Å². The van der Waals surface area contributed by atoms with Gasteiger partial charge in [0.2, 0.25) is 0 Å². The van der Waals surface area contributed by atoms with E-state index >= 15 is 0 Å². The van der Waals surface area contributed by atoms with E-state index in [2.05, 4.69) is 21.8 Å². The molecule has 5 nitrogen and oxygen atoms in total. The van der Waals surface area contributed by atoms with Crippen LogP contribution in [0.3, 0.4) is 0 Å². The molecule has 112 valence electrons. The molecule has 0 aromatic heterocycles. The first-order valence-corrected chi connectivity index (χ1v) is 7.10. The summed E-state index contributed by atoms with van der Waals surface area (Å²) in [5.41, 5.74) is 5.99. The van der Waals surface area contributed by atoms with Crippen molar-refractivity contribution < 1.29 is 4.74 Å². The van der Waals surface area contributed by atoms with Gasteiger partial charge in [-0.05, 0) is 19.9 Å². The number of likely N-dealkylation sites (N-methyl/N-ethyl adjacent to an activating group) is 1. The Bertz CT molecular complexity index is 276. The third-order valence-electron chi connectivity index (χ3n) is 4.01. The highest BCUT2D eigenvalue weighted by Crippen LogP contribution is 2.21. The molecule has 0 radical (unpaired) electrons. The van der Waals surface area contributed by atoms with Gasteiger partial charge in [0.1, 0.15) is 0 Å². The lowest BCUT2D eigenvalue weighted by Gasteiger charge is -2.28. The van der Waals surface area contributed by atoms with E-state index < -0.39 is 0 Å². The summed E-state index contributed by atoms with van der Waals surface area (Å²) < 4.78 is 5.30. The number of hydrogen-bond acceptors (Lipinski definition) is 3. The summed E-state index contributed by atoms with van der Waals surface area (Å²) in [5, 5.41) is 0. The van der Waals surface area contributed by atoms with E-state index in [1.54, 1.807) is 0 Å². The smallest absolute Gasteiger partial charge is 0.191 e. The molecule has 1 saturated carbocycles. The van der Waals surface area contributed by atoms with Crippen molar-refractivity contribution in [2.45, 2.75) is 31.7 Å². The Morgan fingerprint density at radius 3 is 2.58 bits per heavy atom. The van der Waals surface area contributed by atoms with Crippen molar-refractivity contribution in [2.75, 3.05) is 46.4 Å². The molecule has 1 aliphatic carbocycles. The fourth-order valence-electron chi connectivity index (χ4n) is 2.74. The minimum Gasteiger partial charge on any atom is -0.378 e.